The van der Waals surface area contributed by atoms with Crippen LogP contribution in [0.1, 0.15) is 11.1 Å². The topological polar surface area (TPSA) is 66.8 Å². The van der Waals surface area contributed by atoms with Crippen molar-refractivity contribution in [3.63, 3.8) is 0 Å². The van der Waals surface area contributed by atoms with Crippen molar-refractivity contribution in [2.24, 2.45) is 11.8 Å². The third-order valence-corrected chi connectivity index (χ3v) is 4.19. The van der Waals surface area contributed by atoms with Crippen LogP contribution in [0, 0.1) is 18.8 Å². The Morgan fingerprint density at radius 3 is 2.50 bits per heavy atom. The number of halogens is 3. The van der Waals surface area contributed by atoms with Crippen molar-refractivity contribution in [2.75, 3.05) is 20.2 Å². The number of carboxylic acids is 1. The molecule has 1 aromatic carbocycles. The van der Waals surface area contributed by atoms with E-state index in [9.17, 15) is 22.8 Å². The van der Waals surface area contributed by atoms with E-state index in [1.54, 1.807) is 18.2 Å². The Kier molecular flexibility index (Phi) is 5.05. The number of likely N-dealkylation sites (tertiary alicyclic amines) is 1. The van der Waals surface area contributed by atoms with Crippen LogP contribution in [0.4, 0.5) is 13.2 Å². The molecule has 5 nitrogen and oxygen atoms in total. The van der Waals surface area contributed by atoms with Crippen LogP contribution >= 0.6 is 0 Å². The number of carbonyl (C=O) groups is 2. The largest absolute Gasteiger partial charge is 0.496 e. The molecule has 1 aliphatic rings. The molecule has 8 heteroatoms. The number of benzene rings is 1. The molecule has 24 heavy (non-hydrogen) atoms. The smallest absolute Gasteiger partial charge is 0.394 e. The van der Waals surface area contributed by atoms with Crippen LogP contribution in [-0.4, -0.2) is 48.3 Å². The highest BCUT2D eigenvalue weighted by Gasteiger charge is 2.53. The molecule has 1 N–H and O–H groups in total. The standard InChI is InChI=1S/C16H18F3NO4/c1-9-3-4-13(24-2)10(5-9)6-14(21)20-7-11(15(22)23)12(8-20)16(17,18)19/h3-5,11-12H,6-8H2,1-2H3,(H,22,23)/t11-,12-/m1/s1. The number of nitrogens with zero attached hydrogens (tertiary/aromatic N) is 1. The first kappa shape index (κ1) is 18.1. The van der Waals surface area contributed by atoms with Gasteiger partial charge in [-0.05, 0) is 13.0 Å². The molecule has 1 amide bonds. The Bertz CT molecular complexity index is 645. The predicted octanol–water partition coefficient (Wildman–Crippen LogP) is 2.27. The van der Waals surface area contributed by atoms with Gasteiger partial charge in [0, 0.05) is 18.7 Å². The molecule has 1 aliphatic heterocycles. The van der Waals surface area contributed by atoms with Gasteiger partial charge in [0.05, 0.1) is 25.4 Å². The maximum absolute atomic E-state index is 13.0. The van der Waals surface area contributed by atoms with Crippen molar-refractivity contribution in [3.8, 4) is 5.75 Å². The minimum atomic E-state index is -4.65. The zero-order valence-electron chi connectivity index (χ0n) is 13.3. The van der Waals surface area contributed by atoms with E-state index in [-0.39, 0.29) is 6.42 Å². The number of hydrogen-bond acceptors (Lipinski definition) is 3. The average molecular weight is 345 g/mol. The SMILES string of the molecule is COc1ccc(C)cc1CC(=O)N1C[C@@H](C(F)(F)F)[C@H](C(=O)O)C1. The number of methoxy groups -OCH3 is 1. The number of aliphatic carboxylic acids is 1. The molecule has 0 spiro atoms. The van der Waals surface area contributed by atoms with Crippen molar-refractivity contribution in [1.82, 2.24) is 4.90 Å². The summed E-state index contributed by atoms with van der Waals surface area (Å²) in [7, 11) is 1.44. The molecule has 2 rings (SSSR count). The molecule has 2 atom stereocenters. The summed E-state index contributed by atoms with van der Waals surface area (Å²) < 4.78 is 44.1. The van der Waals surface area contributed by atoms with Gasteiger partial charge in [0.25, 0.3) is 0 Å². The van der Waals surface area contributed by atoms with Crippen LogP contribution in [0.3, 0.4) is 0 Å². The van der Waals surface area contributed by atoms with Gasteiger partial charge in [-0.25, -0.2) is 0 Å². The molecule has 1 fully saturated rings. The molecule has 0 aliphatic carbocycles. The molecule has 0 saturated carbocycles. The second-order valence-electron chi connectivity index (χ2n) is 5.88. The lowest BCUT2D eigenvalue weighted by Crippen LogP contribution is -2.34. The highest BCUT2D eigenvalue weighted by Crippen LogP contribution is 2.38. The molecule has 0 bridgehead atoms. The number of aryl methyl sites for hydroxylation is 1. The molecular weight excluding hydrogens is 327 g/mol. The normalized spacial score (nSPS) is 21.0. The van der Waals surface area contributed by atoms with Crippen molar-refractivity contribution >= 4 is 11.9 Å². The number of rotatable bonds is 4. The molecule has 132 valence electrons. The summed E-state index contributed by atoms with van der Waals surface area (Å²) in [6.45, 7) is 0.753. The number of hydrogen-bond donors (Lipinski definition) is 1. The van der Waals surface area contributed by atoms with Gasteiger partial charge in [-0.2, -0.15) is 13.2 Å². The van der Waals surface area contributed by atoms with E-state index < -0.39 is 43.0 Å². The van der Waals surface area contributed by atoms with E-state index in [1.807, 2.05) is 6.92 Å². The summed E-state index contributed by atoms with van der Waals surface area (Å²) in [5.41, 5.74) is 1.45. The van der Waals surface area contributed by atoms with E-state index in [4.69, 9.17) is 9.84 Å². The van der Waals surface area contributed by atoms with Gasteiger partial charge >= 0.3 is 12.1 Å². The summed E-state index contributed by atoms with van der Waals surface area (Å²) in [5, 5.41) is 9.00. The summed E-state index contributed by atoms with van der Waals surface area (Å²) in [6.07, 6.45) is -4.79. The summed E-state index contributed by atoms with van der Waals surface area (Å²) >= 11 is 0. The predicted molar refractivity (Wildman–Crippen MR) is 78.7 cm³/mol. The maximum Gasteiger partial charge on any atom is 0.394 e. The average Bonchev–Trinajstić information content (AvgIpc) is 2.93. The third-order valence-electron chi connectivity index (χ3n) is 4.19. The molecule has 0 unspecified atom stereocenters. The van der Waals surface area contributed by atoms with Crippen molar-refractivity contribution in [2.45, 2.75) is 19.5 Å². The summed E-state index contributed by atoms with van der Waals surface area (Å²) in [5.74, 6) is -5.29. The monoisotopic (exact) mass is 345 g/mol. The molecule has 0 radical (unpaired) electrons. The van der Waals surface area contributed by atoms with Gasteiger partial charge in [0.2, 0.25) is 5.91 Å². The highest BCUT2D eigenvalue weighted by atomic mass is 19.4. The maximum atomic E-state index is 13.0. The Morgan fingerprint density at radius 1 is 1.33 bits per heavy atom. The van der Waals surface area contributed by atoms with Crippen molar-refractivity contribution < 1.29 is 32.6 Å². The third kappa shape index (κ3) is 3.80. The molecular formula is C16H18F3NO4. The van der Waals surface area contributed by atoms with E-state index in [2.05, 4.69) is 0 Å². The van der Waals surface area contributed by atoms with Crippen LogP contribution in [0.2, 0.25) is 0 Å². The minimum Gasteiger partial charge on any atom is -0.496 e. The first-order valence-corrected chi connectivity index (χ1v) is 7.34. The van der Waals surface area contributed by atoms with Crippen molar-refractivity contribution in [1.29, 1.82) is 0 Å². The molecule has 1 heterocycles. The van der Waals surface area contributed by atoms with Crippen LogP contribution in [0.5, 0.6) is 5.75 Å². The van der Waals surface area contributed by atoms with Crippen LogP contribution in [0.25, 0.3) is 0 Å². The first-order valence-electron chi connectivity index (χ1n) is 7.34. The molecule has 0 aromatic heterocycles. The van der Waals surface area contributed by atoms with Gasteiger partial charge in [-0.1, -0.05) is 17.7 Å². The van der Waals surface area contributed by atoms with E-state index in [0.717, 1.165) is 10.5 Å². The van der Waals surface area contributed by atoms with Gasteiger partial charge in [0.1, 0.15) is 5.75 Å². The highest BCUT2D eigenvalue weighted by molar-refractivity contribution is 5.81. The van der Waals surface area contributed by atoms with Gasteiger partial charge < -0.3 is 14.7 Å². The van der Waals surface area contributed by atoms with Gasteiger partial charge in [-0.15, -0.1) is 0 Å². The van der Waals surface area contributed by atoms with E-state index in [0.29, 0.717) is 11.3 Å². The number of ether oxygens (including phenoxy) is 1. The van der Waals surface area contributed by atoms with Crippen LogP contribution < -0.4 is 4.74 Å². The van der Waals surface area contributed by atoms with E-state index >= 15 is 0 Å². The van der Waals surface area contributed by atoms with Crippen LogP contribution in [0.15, 0.2) is 18.2 Å². The fourth-order valence-corrected chi connectivity index (χ4v) is 2.91. The number of carboxylic acid groups (broad SMARTS) is 1. The van der Waals surface area contributed by atoms with Gasteiger partial charge in [-0.3, -0.25) is 9.59 Å². The fraction of sp³-hybridized carbons (Fsp3) is 0.500. The van der Waals surface area contributed by atoms with E-state index in [1.165, 1.54) is 7.11 Å². The summed E-state index contributed by atoms with van der Waals surface area (Å²) in [4.78, 5) is 24.4. The Labute approximate surface area is 137 Å². The molecule has 1 saturated heterocycles. The second-order valence-corrected chi connectivity index (χ2v) is 5.88. The quantitative estimate of drug-likeness (QED) is 0.909. The zero-order valence-corrected chi connectivity index (χ0v) is 13.3. The van der Waals surface area contributed by atoms with Crippen LogP contribution in [-0.2, 0) is 16.0 Å². The Morgan fingerprint density at radius 2 is 2.00 bits per heavy atom. The lowest BCUT2D eigenvalue weighted by atomic mass is 9.96. The lowest BCUT2D eigenvalue weighted by molar-refractivity contribution is -0.188. The first-order chi connectivity index (χ1) is 11.1. The number of alkyl halides is 3. The number of carbonyl (C=O) groups excluding carboxylic acids is 1. The van der Waals surface area contributed by atoms with Gasteiger partial charge in [0.15, 0.2) is 0 Å². The van der Waals surface area contributed by atoms with Crippen molar-refractivity contribution in [3.05, 3.63) is 29.3 Å². The Hall–Kier alpha value is -2.25. The number of amides is 1. The zero-order chi connectivity index (χ0) is 18.1. The second kappa shape index (κ2) is 6.70. The summed E-state index contributed by atoms with van der Waals surface area (Å²) in [6, 6.07) is 5.20. The fourth-order valence-electron chi connectivity index (χ4n) is 2.91. The molecule has 1 aromatic rings. The minimum absolute atomic E-state index is 0.137. The Balaban J connectivity index is 2.16. The lowest BCUT2D eigenvalue weighted by Gasteiger charge is -2.19.